The summed E-state index contributed by atoms with van der Waals surface area (Å²) >= 11 is 0. The summed E-state index contributed by atoms with van der Waals surface area (Å²) in [5, 5.41) is 13.2. The van der Waals surface area contributed by atoms with Crippen LogP contribution in [0.2, 0.25) is 0 Å². The van der Waals surface area contributed by atoms with Crippen LogP contribution in [0.4, 0.5) is 30.4 Å². The third-order valence-electron chi connectivity index (χ3n) is 5.09. The Kier molecular flexibility index (Phi) is 5.85. The van der Waals surface area contributed by atoms with Crippen molar-refractivity contribution in [3.8, 4) is 0 Å². The van der Waals surface area contributed by atoms with Gasteiger partial charge in [0.05, 0.1) is 23.3 Å². The summed E-state index contributed by atoms with van der Waals surface area (Å²) in [6.07, 6.45) is 2.35. The quantitative estimate of drug-likeness (QED) is 0.480. The molecule has 3 aromatic rings. The first-order valence-corrected chi connectivity index (χ1v) is 10.0. The van der Waals surface area contributed by atoms with E-state index >= 15 is 0 Å². The lowest BCUT2D eigenvalue weighted by molar-refractivity contribution is -0.141. The van der Waals surface area contributed by atoms with E-state index in [4.69, 9.17) is 0 Å². The van der Waals surface area contributed by atoms with Gasteiger partial charge >= 0.3 is 6.18 Å². The van der Waals surface area contributed by atoms with E-state index in [9.17, 15) is 13.2 Å². The Bertz CT molecular complexity index is 1100. The van der Waals surface area contributed by atoms with Gasteiger partial charge in [0, 0.05) is 36.7 Å². The van der Waals surface area contributed by atoms with Gasteiger partial charge < -0.3 is 15.5 Å². The molecule has 0 aliphatic carbocycles. The van der Waals surface area contributed by atoms with Gasteiger partial charge in [-0.2, -0.15) is 18.3 Å². The monoisotopic (exact) mass is 441 g/mol. The molecular weight excluding hydrogens is 419 g/mol. The van der Waals surface area contributed by atoms with E-state index in [-0.39, 0.29) is 0 Å². The molecule has 0 unspecified atom stereocenters. The maximum atomic E-state index is 12.7. The highest BCUT2D eigenvalue weighted by molar-refractivity contribution is 5.84. The lowest BCUT2D eigenvalue weighted by Crippen LogP contribution is -2.18. The molecule has 0 saturated carbocycles. The number of pyridine rings is 2. The Morgan fingerprint density at radius 3 is 2.38 bits per heavy atom. The minimum atomic E-state index is -4.49. The highest BCUT2D eigenvalue weighted by Gasteiger charge is 2.32. The van der Waals surface area contributed by atoms with E-state index in [1.165, 1.54) is 18.9 Å². The van der Waals surface area contributed by atoms with Crippen LogP contribution < -0.4 is 15.5 Å². The number of hydrogen-bond acceptors (Lipinski definition) is 6. The zero-order valence-corrected chi connectivity index (χ0v) is 17.2. The normalized spacial score (nSPS) is 13.8. The van der Waals surface area contributed by atoms with Crippen LogP contribution in [0.15, 0.2) is 56.0 Å². The Morgan fingerprint density at radius 2 is 1.75 bits per heavy atom. The fourth-order valence-electron chi connectivity index (χ4n) is 3.42. The molecule has 3 aromatic heterocycles. The van der Waals surface area contributed by atoms with E-state index in [0.29, 0.717) is 28.3 Å². The molecule has 1 saturated heterocycles. The van der Waals surface area contributed by atoms with Crippen LogP contribution >= 0.6 is 0 Å². The Morgan fingerprint density at radius 1 is 0.969 bits per heavy atom. The summed E-state index contributed by atoms with van der Waals surface area (Å²) in [4.78, 5) is 10.2. The molecule has 4 heterocycles. The molecular formula is C22H22F3N7. The maximum Gasteiger partial charge on any atom is 0.433 e. The number of H-pyrrole nitrogens is 1. The van der Waals surface area contributed by atoms with Crippen molar-refractivity contribution in [1.82, 2.24) is 20.2 Å². The predicted octanol–water partition coefficient (Wildman–Crippen LogP) is 4.98. The number of aromatic nitrogens is 4. The number of rotatable bonds is 7. The van der Waals surface area contributed by atoms with Crippen molar-refractivity contribution < 1.29 is 13.2 Å². The second-order valence-electron chi connectivity index (χ2n) is 7.38. The van der Waals surface area contributed by atoms with Gasteiger partial charge in [-0.05, 0) is 37.1 Å². The summed E-state index contributed by atoms with van der Waals surface area (Å²) in [5.41, 5.74) is 2.19. The van der Waals surface area contributed by atoms with Crippen LogP contribution in [0, 0.1) is 0 Å². The second-order valence-corrected chi connectivity index (χ2v) is 7.38. The van der Waals surface area contributed by atoms with Gasteiger partial charge in [0.1, 0.15) is 17.2 Å². The number of hydrogen-bond donors (Lipinski definition) is 3. The molecule has 1 fully saturated rings. The van der Waals surface area contributed by atoms with E-state index in [0.717, 1.165) is 36.9 Å². The van der Waals surface area contributed by atoms with Crippen LogP contribution in [0.25, 0.3) is 11.4 Å². The van der Waals surface area contributed by atoms with E-state index in [1.807, 2.05) is 12.1 Å². The van der Waals surface area contributed by atoms with Crippen LogP contribution in [-0.2, 0) is 6.18 Å². The van der Waals surface area contributed by atoms with E-state index in [1.54, 1.807) is 12.4 Å². The first-order chi connectivity index (χ1) is 15.3. The highest BCUT2D eigenvalue weighted by Crippen LogP contribution is 2.29. The largest absolute Gasteiger partial charge is 0.433 e. The average molecular weight is 441 g/mol. The summed E-state index contributed by atoms with van der Waals surface area (Å²) in [6, 6.07) is 6.12. The minimum absolute atomic E-state index is 0.373. The summed E-state index contributed by atoms with van der Waals surface area (Å²) < 4.78 is 38.1. The van der Waals surface area contributed by atoms with Crippen molar-refractivity contribution in [3.63, 3.8) is 0 Å². The van der Waals surface area contributed by atoms with Crippen molar-refractivity contribution in [3.05, 3.63) is 73.0 Å². The highest BCUT2D eigenvalue weighted by atomic mass is 19.4. The molecule has 0 aromatic carbocycles. The zero-order chi connectivity index (χ0) is 22.7. The standard InChI is InChI=1S/C22H22F3N7/c1-14(16-5-7-19(26-11-16)22(23,24)25)30-18-13-28-31-21(18)15(2)29-17-6-8-20(27-12-17)32-9-3-4-10-32/h5-8,11-13,29-30H,1-4,9-10H2,(H,28,31). The molecule has 3 N–H and O–H groups in total. The van der Waals surface area contributed by atoms with Gasteiger partial charge in [0.25, 0.3) is 0 Å². The van der Waals surface area contributed by atoms with E-state index in [2.05, 4.69) is 48.9 Å². The second kappa shape index (κ2) is 8.74. The number of anilines is 3. The minimum Gasteiger partial charge on any atom is -0.357 e. The number of aromatic amines is 1. The number of halogens is 3. The lowest BCUT2D eigenvalue weighted by Gasteiger charge is -2.17. The van der Waals surface area contributed by atoms with Crippen LogP contribution in [0.5, 0.6) is 0 Å². The molecule has 1 aliphatic heterocycles. The third kappa shape index (κ3) is 4.74. The first kappa shape index (κ1) is 21.4. The molecule has 4 rings (SSSR count). The molecule has 0 atom stereocenters. The molecule has 0 spiro atoms. The summed E-state index contributed by atoms with van der Waals surface area (Å²) in [6.45, 7) is 9.96. The fraction of sp³-hybridized carbons (Fsp3) is 0.227. The van der Waals surface area contributed by atoms with Gasteiger partial charge in [-0.3, -0.25) is 10.1 Å². The molecule has 32 heavy (non-hydrogen) atoms. The van der Waals surface area contributed by atoms with Crippen LogP contribution in [0.1, 0.15) is 29.8 Å². The Balaban J connectivity index is 1.41. The third-order valence-corrected chi connectivity index (χ3v) is 5.09. The van der Waals surface area contributed by atoms with Gasteiger partial charge in [-0.25, -0.2) is 4.98 Å². The molecule has 166 valence electrons. The molecule has 0 amide bonds. The maximum absolute atomic E-state index is 12.7. The van der Waals surface area contributed by atoms with Crippen molar-refractivity contribution >= 4 is 28.6 Å². The molecule has 0 bridgehead atoms. The number of nitrogens with zero attached hydrogens (tertiary/aromatic N) is 4. The van der Waals surface area contributed by atoms with Gasteiger partial charge in [-0.15, -0.1) is 0 Å². The summed E-state index contributed by atoms with van der Waals surface area (Å²) in [7, 11) is 0. The smallest absolute Gasteiger partial charge is 0.357 e. The summed E-state index contributed by atoms with van der Waals surface area (Å²) in [5.74, 6) is 0.947. The van der Waals surface area contributed by atoms with Crippen molar-refractivity contribution in [1.29, 1.82) is 0 Å². The zero-order valence-electron chi connectivity index (χ0n) is 17.2. The van der Waals surface area contributed by atoms with E-state index < -0.39 is 11.9 Å². The predicted molar refractivity (Wildman–Crippen MR) is 119 cm³/mol. The van der Waals surface area contributed by atoms with Gasteiger partial charge in [-0.1, -0.05) is 13.2 Å². The lowest BCUT2D eigenvalue weighted by atomic mass is 10.2. The topological polar surface area (TPSA) is 81.8 Å². The van der Waals surface area contributed by atoms with Crippen LogP contribution in [-0.4, -0.2) is 33.3 Å². The number of alkyl halides is 3. The average Bonchev–Trinajstić information content (AvgIpc) is 3.46. The Labute approximate surface area is 183 Å². The van der Waals surface area contributed by atoms with Crippen LogP contribution in [0.3, 0.4) is 0 Å². The van der Waals surface area contributed by atoms with Crippen molar-refractivity contribution in [2.24, 2.45) is 0 Å². The first-order valence-electron chi connectivity index (χ1n) is 10.0. The van der Waals surface area contributed by atoms with Crippen molar-refractivity contribution in [2.45, 2.75) is 19.0 Å². The van der Waals surface area contributed by atoms with Gasteiger partial charge in [0.15, 0.2) is 0 Å². The molecule has 10 heteroatoms. The number of nitrogens with one attached hydrogen (secondary N) is 3. The fourth-order valence-corrected chi connectivity index (χ4v) is 3.42. The van der Waals surface area contributed by atoms with Gasteiger partial charge in [0.2, 0.25) is 0 Å². The molecule has 7 nitrogen and oxygen atoms in total. The molecule has 1 aliphatic rings. The Hall–Kier alpha value is -3.82. The molecule has 0 radical (unpaired) electrons. The van der Waals surface area contributed by atoms with Crippen molar-refractivity contribution in [2.75, 3.05) is 28.6 Å². The SMILES string of the molecule is C=C(Nc1c[nH]nc1C(=C)Nc1ccc(N2CCCC2)nc1)c1ccc(C(F)(F)F)nc1.